The van der Waals surface area contributed by atoms with Crippen molar-refractivity contribution in [3.8, 4) is 0 Å². The van der Waals surface area contributed by atoms with Gasteiger partial charge in [0, 0.05) is 0 Å². The molecule has 0 amide bonds. The molecule has 0 radical (unpaired) electrons. The van der Waals surface area contributed by atoms with E-state index in [1.165, 1.54) is 10.0 Å². The molecule has 0 spiro atoms. The SMILES string of the molecule is CC(C)(C)OC1(C(C)(C)C)C=Cc2ccccc2[Se]1. The van der Waals surface area contributed by atoms with Gasteiger partial charge in [0.25, 0.3) is 0 Å². The van der Waals surface area contributed by atoms with Crippen molar-refractivity contribution in [1.29, 1.82) is 0 Å². The van der Waals surface area contributed by atoms with E-state index in [4.69, 9.17) is 4.74 Å². The van der Waals surface area contributed by atoms with Crippen LogP contribution in [0.3, 0.4) is 0 Å². The summed E-state index contributed by atoms with van der Waals surface area (Å²) in [6.45, 7) is 13.3. The quantitative estimate of drug-likeness (QED) is 0.718. The van der Waals surface area contributed by atoms with Gasteiger partial charge in [0.15, 0.2) is 0 Å². The van der Waals surface area contributed by atoms with E-state index >= 15 is 0 Å². The molecule has 1 aromatic carbocycles. The van der Waals surface area contributed by atoms with E-state index in [9.17, 15) is 0 Å². The van der Waals surface area contributed by atoms with Crippen molar-refractivity contribution >= 4 is 25.5 Å². The third-order valence-electron chi connectivity index (χ3n) is 3.17. The van der Waals surface area contributed by atoms with Crippen LogP contribution in [0.2, 0.25) is 0 Å². The van der Waals surface area contributed by atoms with Crippen molar-refractivity contribution < 1.29 is 4.74 Å². The van der Waals surface area contributed by atoms with Gasteiger partial charge in [-0.3, -0.25) is 0 Å². The van der Waals surface area contributed by atoms with Crippen LogP contribution in [-0.2, 0) is 4.74 Å². The van der Waals surface area contributed by atoms with E-state index < -0.39 is 0 Å². The molecule has 1 unspecified atom stereocenters. The summed E-state index contributed by atoms with van der Waals surface area (Å²) in [5, 5.41) is 0. The van der Waals surface area contributed by atoms with Crippen LogP contribution >= 0.6 is 0 Å². The van der Waals surface area contributed by atoms with Crippen LogP contribution in [0.5, 0.6) is 0 Å². The molecule has 1 aliphatic heterocycles. The Hall–Kier alpha value is -0.561. The first-order valence-electron chi connectivity index (χ1n) is 6.80. The Morgan fingerprint density at radius 1 is 1.00 bits per heavy atom. The summed E-state index contributed by atoms with van der Waals surface area (Å²) in [5.74, 6) is 0. The van der Waals surface area contributed by atoms with E-state index in [1.54, 1.807) is 0 Å². The predicted octanol–water partition coefficient (Wildman–Crippen LogP) is 3.60. The van der Waals surface area contributed by atoms with Gasteiger partial charge in [-0.05, 0) is 0 Å². The second-order valence-corrected chi connectivity index (χ2v) is 9.73. The molecule has 1 nitrogen and oxygen atoms in total. The first-order chi connectivity index (χ1) is 8.63. The first-order valence-corrected chi connectivity index (χ1v) is 8.52. The number of hydrogen-bond acceptors (Lipinski definition) is 1. The molecule has 19 heavy (non-hydrogen) atoms. The van der Waals surface area contributed by atoms with E-state index in [1.807, 2.05) is 0 Å². The second kappa shape index (κ2) is 4.77. The molecule has 0 saturated carbocycles. The Kier molecular flexibility index (Phi) is 3.72. The van der Waals surface area contributed by atoms with Gasteiger partial charge in [-0.1, -0.05) is 0 Å². The number of fused-ring (bicyclic) bond motifs is 1. The Balaban J connectivity index is 2.44. The first kappa shape index (κ1) is 14.8. The third kappa shape index (κ3) is 3.13. The zero-order valence-corrected chi connectivity index (χ0v) is 14.5. The van der Waals surface area contributed by atoms with Gasteiger partial charge in [-0.2, -0.15) is 0 Å². The van der Waals surface area contributed by atoms with E-state index in [0.29, 0.717) is 0 Å². The summed E-state index contributed by atoms with van der Waals surface area (Å²) >= 11 is 0.282. The molecule has 1 heterocycles. The molecule has 0 fully saturated rings. The number of ether oxygens (including phenoxy) is 1. The minimum atomic E-state index is -0.174. The Morgan fingerprint density at radius 3 is 2.21 bits per heavy atom. The Bertz CT molecular complexity index is 491. The molecule has 0 aliphatic carbocycles. The monoisotopic (exact) mass is 324 g/mol. The fourth-order valence-electron chi connectivity index (χ4n) is 2.17. The Morgan fingerprint density at radius 2 is 1.63 bits per heavy atom. The number of rotatable bonds is 1. The van der Waals surface area contributed by atoms with Gasteiger partial charge in [0.2, 0.25) is 0 Å². The zero-order valence-electron chi connectivity index (χ0n) is 12.8. The van der Waals surface area contributed by atoms with Crippen LogP contribution in [-0.4, -0.2) is 25.1 Å². The van der Waals surface area contributed by atoms with Crippen molar-refractivity contribution in [3.63, 3.8) is 0 Å². The van der Waals surface area contributed by atoms with Crippen molar-refractivity contribution in [1.82, 2.24) is 0 Å². The summed E-state index contributed by atoms with van der Waals surface area (Å²) in [7, 11) is 0. The van der Waals surface area contributed by atoms with E-state index in [0.717, 1.165) is 0 Å². The fourth-order valence-corrected chi connectivity index (χ4v) is 5.24. The van der Waals surface area contributed by atoms with Crippen LogP contribution in [0.25, 0.3) is 6.08 Å². The zero-order chi connectivity index (χ0) is 14.3. The van der Waals surface area contributed by atoms with Gasteiger partial charge in [-0.25, -0.2) is 0 Å². The van der Waals surface area contributed by atoms with Gasteiger partial charge in [0.1, 0.15) is 0 Å². The maximum absolute atomic E-state index is 6.53. The maximum atomic E-state index is 6.53. The van der Waals surface area contributed by atoms with E-state index in [2.05, 4.69) is 78.0 Å². The minimum absolute atomic E-state index is 0.0876. The van der Waals surface area contributed by atoms with Crippen LogP contribution < -0.4 is 4.46 Å². The second-order valence-electron chi connectivity index (χ2n) is 7.11. The summed E-state index contributed by atoms with van der Waals surface area (Å²) in [4.78, 5) is 0. The van der Waals surface area contributed by atoms with Crippen molar-refractivity contribution in [3.05, 3.63) is 35.9 Å². The number of hydrogen-bond donors (Lipinski definition) is 0. The van der Waals surface area contributed by atoms with Gasteiger partial charge >= 0.3 is 123 Å². The molecule has 0 bridgehead atoms. The van der Waals surface area contributed by atoms with Crippen molar-refractivity contribution in [2.45, 2.75) is 51.6 Å². The molecule has 2 rings (SSSR count). The van der Waals surface area contributed by atoms with Gasteiger partial charge < -0.3 is 0 Å². The Labute approximate surface area is 123 Å². The van der Waals surface area contributed by atoms with Crippen molar-refractivity contribution in [2.75, 3.05) is 0 Å². The van der Waals surface area contributed by atoms with Crippen molar-refractivity contribution in [2.24, 2.45) is 5.41 Å². The van der Waals surface area contributed by atoms with Crippen LogP contribution in [0, 0.1) is 5.41 Å². The number of benzene rings is 1. The molecule has 1 aromatic rings. The summed E-state index contributed by atoms with van der Waals surface area (Å²) in [5.41, 5.74) is 1.30. The van der Waals surface area contributed by atoms with Gasteiger partial charge in [-0.15, -0.1) is 0 Å². The molecular formula is C17H24OSe. The van der Waals surface area contributed by atoms with Crippen LogP contribution in [0.1, 0.15) is 47.1 Å². The fraction of sp³-hybridized carbons (Fsp3) is 0.529. The molecule has 0 N–H and O–H groups in total. The summed E-state index contributed by atoms with van der Waals surface area (Å²) in [6, 6.07) is 8.67. The van der Waals surface area contributed by atoms with Gasteiger partial charge in [0.05, 0.1) is 0 Å². The van der Waals surface area contributed by atoms with Crippen LogP contribution in [0.4, 0.5) is 0 Å². The van der Waals surface area contributed by atoms with E-state index in [-0.39, 0.29) is 30.5 Å². The average molecular weight is 323 g/mol. The molecule has 0 aromatic heterocycles. The topological polar surface area (TPSA) is 9.23 Å². The molecule has 1 aliphatic rings. The molecule has 104 valence electrons. The predicted molar refractivity (Wildman–Crippen MR) is 83.9 cm³/mol. The third-order valence-corrected chi connectivity index (χ3v) is 6.79. The molecule has 0 saturated heterocycles. The summed E-state index contributed by atoms with van der Waals surface area (Å²) in [6.07, 6.45) is 4.53. The normalized spacial score (nSPS) is 23.3. The average Bonchev–Trinajstić information content (AvgIpc) is 2.25. The molecule has 1 atom stereocenters. The molecular weight excluding hydrogens is 299 g/mol. The standard InChI is InChI=1S/C17H24OSe/c1-15(2,3)17(18-16(4,5)6)12-11-13-9-7-8-10-14(13)19-17/h7-12H,1-6H3. The molecule has 2 heteroatoms. The summed E-state index contributed by atoms with van der Waals surface area (Å²) < 4.78 is 7.80. The van der Waals surface area contributed by atoms with Crippen LogP contribution in [0.15, 0.2) is 30.3 Å².